The smallest absolute Gasteiger partial charge is 0.339 e. The van der Waals surface area contributed by atoms with Gasteiger partial charge in [0.2, 0.25) is 0 Å². The van der Waals surface area contributed by atoms with Crippen LogP contribution in [0.2, 0.25) is 0 Å². The molecule has 0 aliphatic rings. The molecule has 0 aromatic heterocycles. The highest BCUT2D eigenvalue weighted by Gasteiger charge is 2.29. The molecule has 1 rings (SSSR count). The maximum Gasteiger partial charge on any atom is 0.339 e. The summed E-state index contributed by atoms with van der Waals surface area (Å²) in [5.74, 6) is 0.0984. The number of esters is 1. The molecule has 0 saturated carbocycles. The predicted octanol–water partition coefficient (Wildman–Crippen LogP) is 2.68. The molecule has 1 N–H and O–H groups in total. The summed E-state index contributed by atoms with van der Waals surface area (Å²) in [5, 5.41) is 10.2. The van der Waals surface area contributed by atoms with E-state index < -0.39 is 12.1 Å². The standard InChI is InChI=1S/C14H19BrO5/c1-6-20-14(17)11(16)9-7(2)10(15)8(3)12(18-4)13(9)19-5/h11,16H,6H2,1-5H3. The van der Waals surface area contributed by atoms with E-state index in [4.69, 9.17) is 14.2 Å². The van der Waals surface area contributed by atoms with E-state index in [9.17, 15) is 9.90 Å². The third-order valence-corrected chi connectivity index (χ3v) is 4.23. The number of hydrogen-bond donors (Lipinski definition) is 1. The lowest BCUT2D eigenvalue weighted by Gasteiger charge is -2.21. The maximum atomic E-state index is 11.8. The van der Waals surface area contributed by atoms with Gasteiger partial charge in [0.15, 0.2) is 17.6 Å². The number of carbonyl (C=O) groups excluding carboxylic acids is 1. The number of halogens is 1. The highest BCUT2D eigenvalue weighted by molar-refractivity contribution is 9.10. The van der Waals surface area contributed by atoms with Crippen molar-refractivity contribution in [3.8, 4) is 11.5 Å². The fourth-order valence-electron chi connectivity index (χ4n) is 2.08. The maximum absolute atomic E-state index is 11.8. The van der Waals surface area contributed by atoms with Gasteiger partial charge in [-0.15, -0.1) is 0 Å². The fraction of sp³-hybridized carbons (Fsp3) is 0.500. The first-order valence-electron chi connectivity index (χ1n) is 6.15. The predicted molar refractivity (Wildman–Crippen MR) is 78.3 cm³/mol. The molecular formula is C14H19BrO5. The highest BCUT2D eigenvalue weighted by Crippen LogP contribution is 2.44. The Morgan fingerprint density at radius 1 is 1.20 bits per heavy atom. The second kappa shape index (κ2) is 6.95. The van der Waals surface area contributed by atoms with Crippen LogP contribution in [0, 0.1) is 13.8 Å². The van der Waals surface area contributed by atoms with Crippen molar-refractivity contribution >= 4 is 21.9 Å². The Morgan fingerprint density at radius 2 is 1.75 bits per heavy atom. The normalized spacial score (nSPS) is 11.9. The van der Waals surface area contributed by atoms with Gasteiger partial charge in [-0.3, -0.25) is 0 Å². The van der Waals surface area contributed by atoms with Crippen LogP contribution in [0.3, 0.4) is 0 Å². The van der Waals surface area contributed by atoms with Crippen LogP contribution in [0.15, 0.2) is 4.47 Å². The number of aliphatic hydroxyl groups excluding tert-OH is 1. The van der Waals surface area contributed by atoms with E-state index in [0.717, 1.165) is 10.0 Å². The fourth-order valence-corrected chi connectivity index (χ4v) is 2.47. The third-order valence-electron chi connectivity index (χ3n) is 3.05. The minimum atomic E-state index is -1.42. The number of methoxy groups -OCH3 is 2. The highest BCUT2D eigenvalue weighted by atomic mass is 79.9. The lowest BCUT2D eigenvalue weighted by atomic mass is 9.98. The first-order chi connectivity index (χ1) is 9.40. The molecule has 1 aromatic carbocycles. The molecule has 112 valence electrons. The average molecular weight is 347 g/mol. The van der Waals surface area contributed by atoms with Crippen molar-refractivity contribution in [3.05, 3.63) is 21.2 Å². The zero-order valence-corrected chi connectivity index (χ0v) is 13.8. The number of carbonyl (C=O) groups is 1. The molecule has 1 unspecified atom stereocenters. The van der Waals surface area contributed by atoms with Crippen LogP contribution in [-0.2, 0) is 9.53 Å². The Hall–Kier alpha value is -1.27. The first-order valence-corrected chi connectivity index (χ1v) is 6.95. The van der Waals surface area contributed by atoms with E-state index in [1.165, 1.54) is 14.2 Å². The molecule has 0 aliphatic carbocycles. The van der Waals surface area contributed by atoms with Crippen LogP contribution < -0.4 is 9.47 Å². The molecule has 0 spiro atoms. The Kier molecular flexibility index (Phi) is 5.83. The van der Waals surface area contributed by atoms with E-state index in [0.29, 0.717) is 22.6 Å². The second-order valence-electron chi connectivity index (χ2n) is 4.20. The summed E-state index contributed by atoms with van der Waals surface area (Å²) in [6, 6.07) is 0. The Morgan fingerprint density at radius 3 is 2.20 bits per heavy atom. The van der Waals surface area contributed by atoms with E-state index in [-0.39, 0.29) is 6.61 Å². The Balaban J connectivity index is 3.52. The third kappa shape index (κ3) is 2.91. The number of rotatable bonds is 5. The molecule has 1 aromatic rings. The Labute approximate surface area is 127 Å². The number of aliphatic hydroxyl groups is 1. The summed E-state index contributed by atoms with van der Waals surface area (Å²) in [5.41, 5.74) is 1.89. The van der Waals surface area contributed by atoms with Gasteiger partial charge < -0.3 is 19.3 Å². The number of ether oxygens (including phenoxy) is 3. The first kappa shape index (κ1) is 16.8. The minimum absolute atomic E-state index is 0.196. The van der Waals surface area contributed by atoms with E-state index in [2.05, 4.69) is 15.9 Å². The van der Waals surface area contributed by atoms with Gasteiger partial charge in [-0.05, 0) is 26.3 Å². The van der Waals surface area contributed by atoms with Gasteiger partial charge in [0, 0.05) is 15.6 Å². The second-order valence-corrected chi connectivity index (χ2v) is 4.99. The quantitative estimate of drug-likeness (QED) is 0.830. The topological polar surface area (TPSA) is 65.0 Å². The van der Waals surface area contributed by atoms with Crippen molar-refractivity contribution in [1.29, 1.82) is 0 Å². The van der Waals surface area contributed by atoms with Gasteiger partial charge in [-0.1, -0.05) is 15.9 Å². The number of hydrogen-bond acceptors (Lipinski definition) is 5. The van der Waals surface area contributed by atoms with E-state index in [1.54, 1.807) is 13.8 Å². The molecule has 0 fully saturated rings. The lowest BCUT2D eigenvalue weighted by molar-refractivity contribution is -0.153. The minimum Gasteiger partial charge on any atom is -0.493 e. The molecule has 6 heteroatoms. The lowest BCUT2D eigenvalue weighted by Crippen LogP contribution is -2.18. The molecule has 1 atom stereocenters. The van der Waals surface area contributed by atoms with Gasteiger partial charge >= 0.3 is 5.97 Å². The van der Waals surface area contributed by atoms with Crippen LogP contribution in [0.5, 0.6) is 11.5 Å². The van der Waals surface area contributed by atoms with Crippen LogP contribution in [-0.4, -0.2) is 31.9 Å². The van der Waals surface area contributed by atoms with Gasteiger partial charge in [0.1, 0.15) is 0 Å². The summed E-state index contributed by atoms with van der Waals surface area (Å²) < 4.78 is 16.2. The molecule has 5 nitrogen and oxygen atoms in total. The molecule has 0 amide bonds. The average Bonchev–Trinajstić information content (AvgIpc) is 2.44. The van der Waals surface area contributed by atoms with Crippen molar-refractivity contribution in [1.82, 2.24) is 0 Å². The Bertz CT molecular complexity index is 513. The van der Waals surface area contributed by atoms with Crippen molar-refractivity contribution in [3.63, 3.8) is 0 Å². The van der Waals surface area contributed by atoms with Crippen LogP contribution in [0.25, 0.3) is 0 Å². The molecule has 0 aliphatic heterocycles. The SMILES string of the molecule is CCOC(=O)C(O)c1c(C)c(Br)c(C)c(OC)c1OC. The molecular weight excluding hydrogens is 328 g/mol. The monoisotopic (exact) mass is 346 g/mol. The molecule has 0 radical (unpaired) electrons. The van der Waals surface area contributed by atoms with Crippen LogP contribution >= 0.6 is 15.9 Å². The van der Waals surface area contributed by atoms with Crippen LogP contribution in [0.4, 0.5) is 0 Å². The van der Waals surface area contributed by atoms with Crippen LogP contribution in [0.1, 0.15) is 29.7 Å². The van der Waals surface area contributed by atoms with Crippen molar-refractivity contribution in [2.24, 2.45) is 0 Å². The molecule has 0 bridgehead atoms. The zero-order valence-electron chi connectivity index (χ0n) is 12.2. The van der Waals surface area contributed by atoms with Crippen molar-refractivity contribution in [2.75, 3.05) is 20.8 Å². The summed E-state index contributed by atoms with van der Waals surface area (Å²) in [6.45, 7) is 5.53. The summed E-state index contributed by atoms with van der Waals surface area (Å²) in [7, 11) is 2.97. The van der Waals surface area contributed by atoms with Gasteiger partial charge in [-0.25, -0.2) is 4.79 Å². The van der Waals surface area contributed by atoms with Gasteiger partial charge in [0.05, 0.1) is 20.8 Å². The molecule has 0 heterocycles. The van der Waals surface area contributed by atoms with E-state index in [1.807, 2.05) is 6.92 Å². The number of benzene rings is 1. The zero-order chi connectivity index (χ0) is 15.4. The summed E-state index contributed by atoms with van der Waals surface area (Å²) >= 11 is 3.44. The molecule has 0 saturated heterocycles. The molecule has 20 heavy (non-hydrogen) atoms. The largest absolute Gasteiger partial charge is 0.493 e. The van der Waals surface area contributed by atoms with Crippen molar-refractivity contribution < 1.29 is 24.1 Å². The van der Waals surface area contributed by atoms with E-state index >= 15 is 0 Å². The summed E-state index contributed by atoms with van der Waals surface area (Å²) in [6.07, 6.45) is -1.42. The van der Waals surface area contributed by atoms with Gasteiger partial charge in [0.25, 0.3) is 0 Å². The summed E-state index contributed by atoms with van der Waals surface area (Å²) in [4.78, 5) is 11.8. The van der Waals surface area contributed by atoms with Gasteiger partial charge in [-0.2, -0.15) is 0 Å². The van der Waals surface area contributed by atoms with Crippen molar-refractivity contribution in [2.45, 2.75) is 26.9 Å².